The Bertz CT molecular complexity index is 92.3. The van der Waals surface area contributed by atoms with E-state index in [0.717, 1.165) is 0 Å². The zero-order valence-corrected chi connectivity index (χ0v) is 8.11. The van der Waals surface area contributed by atoms with Crippen LogP contribution < -0.4 is 0 Å². The molecule has 11 heavy (non-hydrogen) atoms. The minimum Gasteiger partial charge on any atom is -0.382 e. The molecule has 0 spiro atoms. The molecule has 3 nitrogen and oxygen atoms in total. The van der Waals surface area contributed by atoms with Crippen LogP contribution in [-0.2, 0) is 14.2 Å². The Morgan fingerprint density at radius 3 is 2.36 bits per heavy atom. The molecule has 68 valence electrons. The fraction of sp³-hybridized carbons (Fsp3) is 1.00. The molecular weight excluding hydrogens is 191 g/mol. The van der Waals surface area contributed by atoms with Crippen molar-refractivity contribution in [3.63, 3.8) is 0 Å². The molecule has 0 fully saturated rings. The Kier molecular flexibility index (Phi) is 6.28. The molecule has 0 saturated heterocycles. The average molecular weight is 203 g/mol. The van der Waals surface area contributed by atoms with E-state index in [1.807, 2.05) is 0 Å². The maximum Gasteiger partial charge on any atom is 0.216 e. The van der Waals surface area contributed by atoms with E-state index in [1.54, 1.807) is 7.11 Å². The summed E-state index contributed by atoms with van der Waals surface area (Å²) in [7, 11) is 1.59. The predicted octanol–water partition coefficient (Wildman–Crippen LogP) is 1.77. The second-order valence-corrected chi connectivity index (χ2v) is 3.61. The third kappa shape index (κ3) is 10.5. The summed E-state index contributed by atoms with van der Waals surface area (Å²) < 4.78 is 13.3. The van der Waals surface area contributed by atoms with Gasteiger partial charge in [0.15, 0.2) is 0 Å². The van der Waals surface area contributed by atoms with Crippen LogP contribution in [0, 0.1) is 0 Å². The topological polar surface area (TPSA) is 27.7 Å². The third-order valence-electron chi connectivity index (χ3n) is 0.828. The highest BCUT2D eigenvalue weighted by atomic mass is 35.5. The van der Waals surface area contributed by atoms with Gasteiger partial charge in [0.1, 0.15) is 6.79 Å². The van der Waals surface area contributed by atoms with Crippen molar-refractivity contribution in [3.05, 3.63) is 0 Å². The molecule has 0 bridgehead atoms. The lowest BCUT2D eigenvalue weighted by molar-refractivity contribution is -0.0836. The summed E-state index contributed by atoms with van der Waals surface area (Å²) in [6, 6.07) is 0. The number of methoxy groups -OCH3 is 1. The van der Waals surface area contributed by atoms with Crippen LogP contribution in [0.1, 0.15) is 6.92 Å². The smallest absolute Gasteiger partial charge is 0.216 e. The summed E-state index contributed by atoms with van der Waals surface area (Å²) in [6.45, 7) is 2.60. The van der Waals surface area contributed by atoms with Crippen LogP contribution in [0.15, 0.2) is 0 Å². The van der Waals surface area contributed by atoms with Crippen LogP contribution in [0.5, 0.6) is 0 Å². The lowest BCUT2D eigenvalue weighted by Crippen LogP contribution is -2.16. The minimum absolute atomic E-state index is 0.0762. The molecule has 0 aliphatic rings. The van der Waals surface area contributed by atoms with E-state index in [4.69, 9.17) is 37.4 Å². The lowest BCUT2D eigenvalue weighted by Gasteiger charge is -2.13. The first kappa shape index (κ1) is 11.5. The van der Waals surface area contributed by atoms with E-state index < -0.39 is 4.52 Å². The van der Waals surface area contributed by atoms with Gasteiger partial charge in [0.2, 0.25) is 4.52 Å². The maximum atomic E-state index is 5.48. The number of halogens is 2. The molecule has 0 aromatic rings. The molecule has 0 amide bonds. The van der Waals surface area contributed by atoms with E-state index in [1.165, 1.54) is 6.92 Å². The standard InChI is InChI=1S/C6H12Cl2O3/c1-6(7,8)11-5-10-4-3-9-2/h3-5H2,1-2H3. The van der Waals surface area contributed by atoms with Gasteiger partial charge in [0.05, 0.1) is 13.2 Å². The molecule has 0 aliphatic carbocycles. The van der Waals surface area contributed by atoms with Gasteiger partial charge in [-0.15, -0.1) is 0 Å². The maximum absolute atomic E-state index is 5.48. The van der Waals surface area contributed by atoms with Gasteiger partial charge in [0.25, 0.3) is 0 Å². The number of ether oxygens (including phenoxy) is 3. The fourth-order valence-electron chi connectivity index (χ4n) is 0.346. The SMILES string of the molecule is COCCOCOC(C)(Cl)Cl. The second kappa shape index (κ2) is 6.03. The second-order valence-electron chi connectivity index (χ2n) is 1.97. The van der Waals surface area contributed by atoms with Gasteiger partial charge in [-0.25, -0.2) is 0 Å². The molecule has 0 heterocycles. The summed E-state index contributed by atoms with van der Waals surface area (Å²) in [6.07, 6.45) is 0. The summed E-state index contributed by atoms with van der Waals surface area (Å²) in [5, 5.41) is 0. The first-order chi connectivity index (χ1) is 5.06. The summed E-state index contributed by atoms with van der Waals surface area (Å²) >= 11 is 11.0. The highest BCUT2D eigenvalue weighted by Crippen LogP contribution is 2.20. The van der Waals surface area contributed by atoms with Crippen molar-refractivity contribution in [2.75, 3.05) is 27.1 Å². The monoisotopic (exact) mass is 202 g/mol. The van der Waals surface area contributed by atoms with Crippen molar-refractivity contribution in [2.45, 2.75) is 11.4 Å². The molecule has 0 rings (SSSR count). The first-order valence-corrected chi connectivity index (χ1v) is 3.90. The van der Waals surface area contributed by atoms with Gasteiger partial charge in [-0.1, -0.05) is 23.2 Å². The predicted molar refractivity (Wildman–Crippen MR) is 43.9 cm³/mol. The lowest BCUT2D eigenvalue weighted by atomic mass is 10.8. The average Bonchev–Trinajstić information content (AvgIpc) is 1.85. The molecule has 0 atom stereocenters. The fourth-order valence-corrected chi connectivity index (χ4v) is 0.435. The molecular formula is C6H12Cl2O3. The van der Waals surface area contributed by atoms with Crippen molar-refractivity contribution in [3.8, 4) is 0 Å². The Balaban J connectivity index is 3.02. The van der Waals surface area contributed by atoms with Crippen LogP contribution in [0.3, 0.4) is 0 Å². The Morgan fingerprint density at radius 1 is 1.27 bits per heavy atom. The summed E-state index contributed by atoms with van der Waals surface area (Å²) in [5.41, 5.74) is 0. The Labute approximate surface area is 76.5 Å². The van der Waals surface area contributed by atoms with Crippen LogP contribution in [0.4, 0.5) is 0 Å². The molecule has 5 heteroatoms. The van der Waals surface area contributed by atoms with E-state index in [9.17, 15) is 0 Å². The van der Waals surface area contributed by atoms with Crippen molar-refractivity contribution >= 4 is 23.2 Å². The number of hydrogen-bond donors (Lipinski definition) is 0. The van der Waals surface area contributed by atoms with Crippen molar-refractivity contribution in [1.82, 2.24) is 0 Å². The molecule has 0 aromatic carbocycles. The molecule has 0 aliphatic heterocycles. The minimum atomic E-state index is -1.17. The van der Waals surface area contributed by atoms with Gasteiger partial charge >= 0.3 is 0 Å². The van der Waals surface area contributed by atoms with Gasteiger partial charge in [0, 0.05) is 7.11 Å². The van der Waals surface area contributed by atoms with Gasteiger partial charge in [-0.2, -0.15) is 0 Å². The van der Waals surface area contributed by atoms with Gasteiger partial charge < -0.3 is 14.2 Å². The molecule has 0 aromatic heterocycles. The molecule has 0 unspecified atom stereocenters. The zero-order chi connectivity index (χ0) is 8.74. The highest BCUT2D eigenvalue weighted by Gasteiger charge is 2.15. The summed E-state index contributed by atoms with van der Waals surface area (Å²) in [5.74, 6) is 0. The van der Waals surface area contributed by atoms with Gasteiger partial charge in [-0.05, 0) is 6.92 Å². The molecule has 0 radical (unpaired) electrons. The quantitative estimate of drug-likeness (QED) is 0.374. The Hall–Kier alpha value is 0.460. The largest absolute Gasteiger partial charge is 0.382 e. The number of hydrogen-bond acceptors (Lipinski definition) is 3. The van der Waals surface area contributed by atoms with Crippen molar-refractivity contribution in [1.29, 1.82) is 0 Å². The van der Waals surface area contributed by atoms with E-state index in [0.29, 0.717) is 13.2 Å². The number of rotatable bonds is 6. The number of alkyl halides is 2. The Morgan fingerprint density at radius 2 is 1.91 bits per heavy atom. The molecule has 0 saturated carbocycles. The highest BCUT2D eigenvalue weighted by molar-refractivity contribution is 6.46. The van der Waals surface area contributed by atoms with Crippen LogP contribution >= 0.6 is 23.2 Å². The molecule has 0 N–H and O–H groups in total. The zero-order valence-electron chi connectivity index (χ0n) is 6.60. The van der Waals surface area contributed by atoms with E-state index in [-0.39, 0.29) is 6.79 Å². The van der Waals surface area contributed by atoms with Crippen LogP contribution in [0.2, 0.25) is 0 Å². The normalized spacial score (nSPS) is 12.0. The van der Waals surface area contributed by atoms with Crippen LogP contribution in [-0.4, -0.2) is 31.6 Å². The van der Waals surface area contributed by atoms with Crippen molar-refractivity contribution in [2.24, 2.45) is 0 Å². The van der Waals surface area contributed by atoms with Gasteiger partial charge in [-0.3, -0.25) is 0 Å². The van der Waals surface area contributed by atoms with E-state index in [2.05, 4.69) is 0 Å². The first-order valence-electron chi connectivity index (χ1n) is 3.15. The van der Waals surface area contributed by atoms with Crippen LogP contribution in [0.25, 0.3) is 0 Å². The van der Waals surface area contributed by atoms with Crippen molar-refractivity contribution < 1.29 is 14.2 Å². The van der Waals surface area contributed by atoms with E-state index >= 15 is 0 Å². The third-order valence-corrected chi connectivity index (χ3v) is 1.05. The summed E-state index contributed by atoms with van der Waals surface area (Å²) in [4.78, 5) is 0.